The monoisotopic (exact) mass is 190 g/mol. The molecule has 1 heterocycles. The van der Waals surface area contributed by atoms with Crippen LogP contribution in [0.2, 0.25) is 0 Å². The molecule has 74 valence electrons. The first-order valence-electron chi connectivity index (χ1n) is 4.82. The van der Waals surface area contributed by atoms with E-state index in [1.54, 1.807) is 0 Å². The SMILES string of the molecule is Cc1ccc2c(c1)C(C(N)=O)CCN2. The normalized spacial score (nSPS) is 19.6. The molecule has 0 fully saturated rings. The molecule has 1 atom stereocenters. The summed E-state index contributed by atoms with van der Waals surface area (Å²) >= 11 is 0. The van der Waals surface area contributed by atoms with E-state index in [-0.39, 0.29) is 11.8 Å². The lowest BCUT2D eigenvalue weighted by Gasteiger charge is -2.24. The predicted molar refractivity (Wildman–Crippen MR) is 56.2 cm³/mol. The summed E-state index contributed by atoms with van der Waals surface area (Å²) in [6.07, 6.45) is 0.797. The molecule has 1 aliphatic heterocycles. The molecule has 0 spiro atoms. The van der Waals surface area contributed by atoms with Crippen LogP contribution >= 0.6 is 0 Å². The Kier molecular flexibility index (Phi) is 2.15. The van der Waals surface area contributed by atoms with Gasteiger partial charge in [-0.05, 0) is 25.0 Å². The van der Waals surface area contributed by atoms with Gasteiger partial charge in [0.1, 0.15) is 0 Å². The van der Waals surface area contributed by atoms with E-state index in [9.17, 15) is 4.79 Å². The quantitative estimate of drug-likeness (QED) is 0.703. The lowest BCUT2D eigenvalue weighted by Crippen LogP contribution is -2.27. The summed E-state index contributed by atoms with van der Waals surface area (Å²) in [4.78, 5) is 11.2. The molecule has 0 aromatic heterocycles. The lowest BCUT2D eigenvalue weighted by molar-refractivity contribution is -0.119. The van der Waals surface area contributed by atoms with Crippen molar-refractivity contribution in [1.29, 1.82) is 0 Å². The Morgan fingerprint density at radius 1 is 1.57 bits per heavy atom. The van der Waals surface area contributed by atoms with E-state index in [1.165, 1.54) is 5.56 Å². The molecular formula is C11H14N2O. The Balaban J connectivity index is 2.46. The minimum Gasteiger partial charge on any atom is -0.385 e. The number of amides is 1. The topological polar surface area (TPSA) is 55.1 Å². The smallest absolute Gasteiger partial charge is 0.225 e. The van der Waals surface area contributed by atoms with Crippen molar-refractivity contribution in [3.05, 3.63) is 29.3 Å². The van der Waals surface area contributed by atoms with Crippen LogP contribution in [-0.4, -0.2) is 12.5 Å². The predicted octanol–water partition coefficient (Wildman–Crippen LogP) is 1.38. The number of fused-ring (bicyclic) bond motifs is 1. The van der Waals surface area contributed by atoms with Crippen LogP contribution in [0.1, 0.15) is 23.5 Å². The highest BCUT2D eigenvalue weighted by atomic mass is 16.1. The molecule has 0 saturated heterocycles. The molecule has 14 heavy (non-hydrogen) atoms. The van der Waals surface area contributed by atoms with E-state index in [4.69, 9.17) is 5.73 Å². The van der Waals surface area contributed by atoms with Crippen molar-refractivity contribution in [2.24, 2.45) is 5.73 Å². The number of carbonyl (C=O) groups is 1. The van der Waals surface area contributed by atoms with Gasteiger partial charge in [-0.15, -0.1) is 0 Å². The average molecular weight is 190 g/mol. The van der Waals surface area contributed by atoms with Crippen molar-refractivity contribution in [3.63, 3.8) is 0 Å². The first-order chi connectivity index (χ1) is 6.68. The van der Waals surface area contributed by atoms with E-state index in [1.807, 2.05) is 25.1 Å². The molecule has 0 bridgehead atoms. The first-order valence-corrected chi connectivity index (χ1v) is 4.82. The number of hydrogen-bond acceptors (Lipinski definition) is 2. The lowest BCUT2D eigenvalue weighted by atomic mass is 9.89. The van der Waals surface area contributed by atoms with Gasteiger partial charge in [0.15, 0.2) is 0 Å². The van der Waals surface area contributed by atoms with Crippen LogP contribution < -0.4 is 11.1 Å². The number of primary amides is 1. The molecule has 0 radical (unpaired) electrons. The fourth-order valence-corrected chi connectivity index (χ4v) is 1.93. The third-order valence-electron chi connectivity index (χ3n) is 2.67. The molecule has 3 N–H and O–H groups in total. The van der Waals surface area contributed by atoms with Crippen LogP contribution in [0.5, 0.6) is 0 Å². The molecule has 3 heteroatoms. The standard InChI is InChI=1S/C11H14N2O/c1-7-2-3-10-9(6-7)8(11(12)14)4-5-13-10/h2-3,6,8,13H,4-5H2,1H3,(H2,12,14). The summed E-state index contributed by atoms with van der Waals surface area (Å²) in [5.41, 5.74) is 8.62. The first kappa shape index (κ1) is 9.06. The molecule has 1 amide bonds. The van der Waals surface area contributed by atoms with Gasteiger partial charge in [-0.2, -0.15) is 0 Å². The summed E-state index contributed by atoms with van der Waals surface area (Å²) in [7, 11) is 0. The number of aryl methyl sites for hydroxylation is 1. The maximum absolute atomic E-state index is 11.2. The van der Waals surface area contributed by atoms with Crippen molar-refractivity contribution in [3.8, 4) is 0 Å². The highest BCUT2D eigenvalue weighted by molar-refractivity contribution is 5.84. The second kappa shape index (κ2) is 3.33. The second-order valence-electron chi connectivity index (χ2n) is 3.76. The zero-order valence-electron chi connectivity index (χ0n) is 8.21. The summed E-state index contributed by atoms with van der Waals surface area (Å²) in [6, 6.07) is 6.09. The highest BCUT2D eigenvalue weighted by Crippen LogP contribution is 2.31. The fourth-order valence-electron chi connectivity index (χ4n) is 1.93. The number of nitrogens with two attached hydrogens (primary N) is 1. The average Bonchev–Trinajstić information content (AvgIpc) is 2.16. The maximum Gasteiger partial charge on any atom is 0.225 e. The van der Waals surface area contributed by atoms with Crippen LogP contribution in [0.15, 0.2) is 18.2 Å². The van der Waals surface area contributed by atoms with Crippen molar-refractivity contribution < 1.29 is 4.79 Å². The van der Waals surface area contributed by atoms with Crippen molar-refractivity contribution in [2.45, 2.75) is 19.3 Å². The van der Waals surface area contributed by atoms with Gasteiger partial charge < -0.3 is 11.1 Å². The van der Waals surface area contributed by atoms with Crippen molar-refractivity contribution >= 4 is 11.6 Å². The molecule has 0 aliphatic carbocycles. The van der Waals surface area contributed by atoms with Crippen LogP contribution in [0.4, 0.5) is 5.69 Å². The molecule has 1 aliphatic rings. The summed E-state index contributed by atoms with van der Waals surface area (Å²) < 4.78 is 0. The van der Waals surface area contributed by atoms with Crippen LogP contribution in [-0.2, 0) is 4.79 Å². The number of nitrogens with one attached hydrogen (secondary N) is 1. The number of hydrogen-bond donors (Lipinski definition) is 2. The summed E-state index contributed by atoms with van der Waals surface area (Å²) in [5.74, 6) is -0.343. The molecule has 0 saturated carbocycles. The molecule has 2 rings (SSSR count). The van der Waals surface area contributed by atoms with Gasteiger partial charge in [0, 0.05) is 12.2 Å². The minimum absolute atomic E-state index is 0.119. The van der Waals surface area contributed by atoms with E-state index >= 15 is 0 Å². The van der Waals surface area contributed by atoms with Gasteiger partial charge in [-0.25, -0.2) is 0 Å². The van der Waals surface area contributed by atoms with Gasteiger partial charge >= 0.3 is 0 Å². The highest BCUT2D eigenvalue weighted by Gasteiger charge is 2.24. The van der Waals surface area contributed by atoms with E-state index in [0.29, 0.717) is 0 Å². The summed E-state index contributed by atoms with van der Waals surface area (Å²) in [6.45, 7) is 2.84. The zero-order valence-corrected chi connectivity index (χ0v) is 8.21. The number of anilines is 1. The maximum atomic E-state index is 11.2. The largest absolute Gasteiger partial charge is 0.385 e. The van der Waals surface area contributed by atoms with Crippen molar-refractivity contribution in [2.75, 3.05) is 11.9 Å². The Hall–Kier alpha value is -1.51. The van der Waals surface area contributed by atoms with Gasteiger partial charge in [0.2, 0.25) is 5.91 Å². The minimum atomic E-state index is -0.224. The van der Waals surface area contributed by atoms with E-state index < -0.39 is 0 Å². The van der Waals surface area contributed by atoms with Gasteiger partial charge in [0.05, 0.1) is 5.92 Å². The molecule has 1 aromatic rings. The van der Waals surface area contributed by atoms with Crippen LogP contribution in [0.3, 0.4) is 0 Å². The van der Waals surface area contributed by atoms with Gasteiger partial charge in [0.25, 0.3) is 0 Å². The van der Waals surface area contributed by atoms with E-state index in [2.05, 4.69) is 5.32 Å². The second-order valence-corrected chi connectivity index (χ2v) is 3.76. The Morgan fingerprint density at radius 2 is 2.36 bits per heavy atom. The Bertz CT molecular complexity index is 374. The van der Waals surface area contributed by atoms with Gasteiger partial charge in [-0.3, -0.25) is 4.79 Å². The van der Waals surface area contributed by atoms with Gasteiger partial charge in [-0.1, -0.05) is 17.7 Å². The molecular weight excluding hydrogens is 176 g/mol. The zero-order chi connectivity index (χ0) is 10.1. The van der Waals surface area contributed by atoms with E-state index in [0.717, 1.165) is 24.2 Å². The van der Waals surface area contributed by atoms with Crippen LogP contribution in [0, 0.1) is 6.92 Å². The fraction of sp³-hybridized carbons (Fsp3) is 0.364. The third kappa shape index (κ3) is 1.45. The Morgan fingerprint density at radius 3 is 3.07 bits per heavy atom. The van der Waals surface area contributed by atoms with Crippen LogP contribution in [0.25, 0.3) is 0 Å². The molecule has 3 nitrogen and oxygen atoms in total. The number of benzene rings is 1. The molecule has 1 aromatic carbocycles. The Labute approximate surface area is 83.3 Å². The number of rotatable bonds is 1. The summed E-state index contributed by atoms with van der Waals surface area (Å²) in [5, 5.41) is 3.27. The molecule has 1 unspecified atom stereocenters. The third-order valence-corrected chi connectivity index (χ3v) is 2.67. The van der Waals surface area contributed by atoms with Crippen molar-refractivity contribution in [1.82, 2.24) is 0 Å². The number of carbonyl (C=O) groups excluding carboxylic acids is 1.